The van der Waals surface area contributed by atoms with E-state index in [0.29, 0.717) is 4.90 Å². The molecule has 0 aliphatic carbocycles. The number of nitrogens with one attached hydrogen (secondary N) is 3. The Morgan fingerprint density at radius 2 is 1.78 bits per heavy atom. The standard InChI is InChI=1S/C15H22N6O9S.Na.H/c1-3-19-4-5-20(14(26)13(19)25)15(27)18-8(6-10(22)16-2)11(23)17-9-7-21(12(9)24)31(28,29)30;;/h8-9H,3-7H2,1-2H3,(H,16,22)(H,17,23)(H,18,27)(H,28,29,30);;. The van der Waals surface area contributed by atoms with Crippen LogP contribution in [0.15, 0.2) is 0 Å². The first-order valence-corrected chi connectivity index (χ1v) is 10.5. The van der Waals surface area contributed by atoms with E-state index >= 15 is 0 Å². The number of rotatable bonds is 7. The average molecular weight is 486 g/mol. The van der Waals surface area contributed by atoms with E-state index in [2.05, 4.69) is 16.0 Å². The molecule has 0 aromatic rings. The molecule has 2 fully saturated rings. The van der Waals surface area contributed by atoms with Crippen molar-refractivity contribution in [1.82, 2.24) is 30.1 Å². The molecule has 4 N–H and O–H groups in total. The SMILES string of the molecule is CCN1CCN(C(=O)NC(CC(=O)NC)C(=O)NC2CN(S(=O)(=O)O)C2=O)C(=O)C1=O.[NaH]. The molecule has 15 nitrogen and oxygen atoms in total. The Balaban J connectivity index is 0.00000512. The third-order valence-corrected chi connectivity index (χ3v) is 5.59. The molecule has 2 aliphatic rings. The predicted molar refractivity (Wildman–Crippen MR) is 107 cm³/mol. The number of carbonyl (C=O) groups excluding carboxylic acids is 6. The van der Waals surface area contributed by atoms with Gasteiger partial charge in [0.25, 0.3) is 5.91 Å². The molecular formula is C15H23N6NaO9S. The molecule has 2 heterocycles. The van der Waals surface area contributed by atoms with Gasteiger partial charge in [-0.25, -0.2) is 9.10 Å². The second-order valence-electron chi connectivity index (χ2n) is 6.63. The molecule has 17 heteroatoms. The number of hydrogen-bond donors (Lipinski definition) is 4. The summed E-state index contributed by atoms with van der Waals surface area (Å²) < 4.78 is 30.9. The van der Waals surface area contributed by atoms with Crippen molar-refractivity contribution in [1.29, 1.82) is 0 Å². The van der Waals surface area contributed by atoms with Crippen molar-refractivity contribution in [2.45, 2.75) is 25.4 Å². The number of urea groups is 1. The zero-order valence-corrected chi connectivity index (χ0v) is 17.5. The molecule has 2 rings (SSSR count). The van der Waals surface area contributed by atoms with Gasteiger partial charge in [-0.3, -0.25) is 33.4 Å². The second-order valence-corrected chi connectivity index (χ2v) is 7.97. The van der Waals surface area contributed by atoms with Crippen molar-refractivity contribution in [3.8, 4) is 0 Å². The van der Waals surface area contributed by atoms with E-state index in [1.807, 2.05) is 0 Å². The molecule has 0 saturated carbocycles. The summed E-state index contributed by atoms with van der Waals surface area (Å²) in [7, 11) is -3.48. The van der Waals surface area contributed by atoms with E-state index < -0.39 is 70.9 Å². The van der Waals surface area contributed by atoms with Gasteiger partial charge in [-0.1, -0.05) is 0 Å². The van der Waals surface area contributed by atoms with Crippen molar-refractivity contribution in [3.05, 3.63) is 0 Å². The van der Waals surface area contributed by atoms with E-state index in [4.69, 9.17) is 4.55 Å². The van der Waals surface area contributed by atoms with Crippen molar-refractivity contribution in [3.63, 3.8) is 0 Å². The summed E-state index contributed by atoms with van der Waals surface area (Å²) in [5, 5.41) is 6.59. The number of β-lactam (4-membered cyclic amide) rings is 1. The summed E-state index contributed by atoms with van der Waals surface area (Å²) in [6.07, 6.45) is -0.561. The van der Waals surface area contributed by atoms with Gasteiger partial charge in [0, 0.05) is 26.7 Å². The van der Waals surface area contributed by atoms with Crippen molar-refractivity contribution in [2.75, 3.05) is 33.2 Å². The van der Waals surface area contributed by atoms with Gasteiger partial charge in [-0.2, -0.15) is 8.42 Å². The summed E-state index contributed by atoms with van der Waals surface area (Å²) >= 11 is 0. The van der Waals surface area contributed by atoms with Crippen LogP contribution >= 0.6 is 0 Å². The fourth-order valence-electron chi connectivity index (χ4n) is 2.88. The second kappa shape index (κ2) is 11.0. The summed E-state index contributed by atoms with van der Waals surface area (Å²) in [5.41, 5.74) is 0. The summed E-state index contributed by atoms with van der Waals surface area (Å²) in [4.78, 5) is 74.4. The van der Waals surface area contributed by atoms with Crippen LogP contribution in [0.4, 0.5) is 4.79 Å². The first-order valence-electron chi connectivity index (χ1n) is 9.11. The van der Waals surface area contributed by atoms with Crippen LogP contribution in [0.3, 0.4) is 0 Å². The fourth-order valence-corrected chi connectivity index (χ4v) is 3.57. The normalized spacial score (nSPS) is 19.5. The van der Waals surface area contributed by atoms with Gasteiger partial charge in [0.1, 0.15) is 12.1 Å². The molecule has 0 bridgehead atoms. The maximum absolute atomic E-state index is 12.5. The molecule has 0 spiro atoms. The monoisotopic (exact) mass is 486 g/mol. The number of carbonyl (C=O) groups is 6. The van der Waals surface area contributed by atoms with Gasteiger partial charge < -0.3 is 20.9 Å². The Labute approximate surface area is 205 Å². The molecule has 2 saturated heterocycles. The third kappa shape index (κ3) is 6.16. The summed E-state index contributed by atoms with van der Waals surface area (Å²) in [5.74, 6) is -4.74. The van der Waals surface area contributed by atoms with Gasteiger partial charge in [0.05, 0.1) is 13.0 Å². The van der Waals surface area contributed by atoms with Crippen LogP contribution < -0.4 is 16.0 Å². The molecule has 32 heavy (non-hydrogen) atoms. The predicted octanol–water partition coefficient (Wildman–Crippen LogP) is -4.63. The zero-order valence-electron chi connectivity index (χ0n) is 16.7. The van der Waals surface area contributed by atoms with E-state index in [1.54, 1.807) is 6.92 Å². The van der Waals surface area contributed by atoms with Crippen molar-refractivity contribution >= 4 is 75.4 Å². The van der Waals surface area contributed by atoms with Crippen LogP contribution in [0.25, 0.3) is 0 Å². The van der Waals surface area contributed by atoms with Crippen LogP contribution in [0.2, 0.25) is 0 Å². The number of likely N-dealkylation sites (N-methyl/N-ethyl adjacent to an activating group) is 1. The molecule has 2 atom stereocenters. The molecule has 0 aromatic heterocycles. The molecular weight excluding hydrogens is 463 g/mol. The average Bonchev–Trinajstić information content (AvgIpc) is 2.70. The quantitative estimate of drug-likeness (QED) is 0.118. The number of piperazine rings is 1. The molecule has 7 amide bonds. The molecule has 2 aliphatic heterocycles. The van der Waals surface area contributed by atoms with Crippen molar-refractivity contribution in [2.24, 2.45) is 0 Å². The Bertz CT molecular complexity index is 926. The van der Waals surface area contributed by atoms with E-state index in [1.165, 1.54) is 11.9 Å². The van der Waals surface area contributed by atoms with Gasteiger partial charge in [0.2, 0.25) is 11.8 Å². The third-order valence-electron chi connectivity index (χ3n) is 4.71. The van der Waals surface area contributed by atoms with Crippen LogP contribution in [0, 0.1) is 0 Å². The molecule has 0 radical (unpaired) electrons. The minimum atomic E-state index is -4.76. The van der Waals surface area contributed by atoms with Crippen LogP contribution in [0.5, 0.6) is 0 Å². The summed E-state index contributed by atoms with van der Waals surface area (Å²) in [6, 6.07) is -3.92. The Morgan fingerprint density at radius 1 is 1.16 bits per heavy atom. The first-order chi connectivity index (χ1) is 14.4. The fraction of sp³-hybridized carbons (Fsp3) is 0.600. The molecule has 0 aromatic carbocycles. The van der Waals surface area contributed by atoms with Crippen LogP contribution in [-0.4, -0.2) is 138 Å². The van der Waals surface area contributed by atoms with Gasteiger partial charge in [-0.15, -0.1) is 0 Å². The van der Waals surface area contributed by atoms with Crippen molar-refractivity contribution < 1.29 is 41.7 Å². The van der Waals surface area contributed by atoms with E-state index in [0.717, 1.165) is 0 Å². The molecule has 2 unspecified atom stereocenters. The topological polar surface area (TPSA) is 203 Å². The summed E-state index contributed by atoms with van der Waals surface area (Å²) in [6.45, 7) is 1.38. The molecule has 174 valence electrons. The number of hydrogen-bond acceptors (Lipinski definition) is 8. The minimum absolute atomic E-state index is 0. The Morgan fingerprint density at radius 3 is 2.28 bits per heavy atom. The Hall–Kier alpha value is -2.27. The van der Waals surface area contributed by atoms with E-state index in [9.17, 15) is 37.2 Å². The first kappa shape index (κ1) is 27.8. The van der Waals surface area contributed by atoms with E-state index in [-0.39, 0.29) is 53.5 Å². The van der Waals surface area contributed by atoms with Gasteiger partial charge >= 0.3 is 57.7 Å². The number of imide groups is 1. The Kier molecular flexibility index (Phi) is 9.58. The van der Waals surface area contributed by atoms with Gasteiger partial charge in [0.15, 0.2) is 0 Å². The number of amides is 7. The van der Waals surface area contributed by atoms with Gasteiger partial charge in [-0.05, 0) is 6.92 Å². The zero-order chi connectivity index (χ0) is 23.5. The van der Waals surface area contributed by atoms with Crippen LogP contribution in [0.1, 0.15) is 13.3 Å². The number of nitrogens with zero attached hydrogens (tertiary/aromatic N) is 3. The maximum atomic E-state index is 12.5. The van der Waals surface area contributed by atoms with Crippen LogP contribution in [-0.2, 0) is 34.3 Å².